The number of fused-ring (bicyclic) bond motifs is 1. The van der Waals surface area contributed by atoms with Crippen molar-refractivity contribution in [3.05, 3.63) is 39.7 Å². The third-order valence-corrected chi connectivity index (χ3v) is 3.70. The minimum absolute atomic E-state index is 0.311. The summed E-state index contributed by atoms with van der Waals surface area (Å²) in [5.74, 6) is 0.163. The van der Waals surface area contributed by atoms with E-state index in [0.29, 0.717) is 24.4 Å². The SMILES string of the molecule is CCOC(=O)C(CC)Oc1cc2oc(=O)cc(C)c2cc1CC. The highest BCUT2D eigenvalue weighted by atomic mass is 16.6. The molecule has 0 amide bonds. The molecular weight excluding hydrogens is 296 g/mol. The van der Waals surface area contributed by atoms with Crippen molar-refractivity contribution in [2.75, 3.05) is 6.61 Å². The van der Waals surface area contributed by atoms with Crippen LogP contribution in [-0.2, 0) is 16.0 Å². The van der Waals surface area contributed by atoms with Crippen molar-refractivity contribution in [3.63, 3.8) is 0 Å². The molecule has 0 N–H and O–H groups in total. The monoisotopic (exact) mass is 318 g/mol. The molecule has 0 saturated heterocycles. The minimum atomic E-state index is -0.672. The Morgan fingerprint density at radius 2 is 1.96 bits per heavy atom. The summed E-state index contributed by atoms with van der Waals surface area (Å²) < 4.78 is 16.1. The topological polar surface area (TPSA) is 65.7 Å². The first-order valence-corrected chi connectivity index (χ1v) is 7.90. The number of carbonyl (C=O) groups is 1. The van der Waals surface area contributed by atoms with E-state index in [2.05, 4.69) is 0 Å². The van der Waals surface area contributed by atoms with Gasteiger partial charge in [0.1, 0.15) is 11.3 Å². The van der Waals surface area contributed by atoms with E-state index in [1.165, 1.54) is 6.07 Å². The number of rotatable bonds is 6. The fraction of sp³-hybridized carbons (Fsp3) is 0.444. The van der Waals surface area contributed by atoms with Gasteiger partial charge in [0.15, 0.2) is 6.10 Å². The van der Waals surface area contributed by atoms with Crippen LogP contribution in [0, 0.1) is 6.92 Å². The molecule has 1 unspecified atom stereocenters. The number of benzene rings is 1. The second-order valence-electron chi connectivity index (χ2n) is 5.32. The van der Waals surface area contributed by atoms with Gasteiger partial charge < -0.3 is 13.9 Å². The van der Waals surface area contributed by atoms with Crippen LogP contribution in [0.4, 0.5) is 0 Å². The molecule has 1 aromatic heterocycles. The molecule has 0 saturated carbocycles. The summed E-state index contributed by atoms with van der Waals surface area (Å²) in [6, 6.07) is 5.10. The predicted molar refractivity (Wildman–Crippen MR) is 87.9 cm³/mol. The Kier molecular flexibility index (Phi) is 5.42. The molecule has 0 bridgehead atoms. The van der Waals surface area contributed by atoms with E-state index in [0.717, 1.165) is 22.9 Å². The molecule has 1 heterocycles. The molecule has 0 fully saturated rings. The van der Waals surface area contributed by atoms with Crippen molar-refractivity contribution in [1.29, 1.82) is 0 Å². The normalized spacial score (nSPS) is 12.2. The van der Waals surface area contributed by atoms with Crippen LogP contribution in [0.1, 0.15) is 38.3 Å². The minimum Gasteiger partial charge on any atom is -0.478 e. The van der Waals surface area contributed by atoms with E-state index in [1.807, 2.05) is 26.8 Å². The molecule has 2 rings (SSSR count). The summed E-state index contributed by atoms with van der Waals surface area (Å²) in [5.41, 5.74) is 1.87. The smallest absolute Gasteiger partial charge is 0.347 e. The summed E-state index contributed by atoms with van der Waals surface area (Å²) in [5, 5.41) is 0.873. The molecule has 0 spiro atoms. The number of aryl methyl sites for hydroxylation is 2. The molecule has 0 aliphatic carbocycles. The molecule has 2 aromatic rings. The van der Waals surface area contributed by atoms with Crippen molar-refractivity contribution < 1.29 is 18.7 Å². The van der Waals surface area contributed by atoms with Crippen molar-refractivity contribution in [2.45, 2.75) is 46.6 Å². The van der Waals surface area contributed by atoms with E-state index in [4.69, 9.17) is 13.9 Å². The standard InChI is InChI=1S/C18H22O5/c1-5-12-9-13-11(4)8-17(19)23-16(13)10-15(12)22-14(6-2)18(20)21-7-3/h8-10,14H,5-7H2,1-4H3. The van der Waals surface area contributed by atoms with Crippen LogP contribution in [0.2, 0.25) is 0 Å². The highest BCUT2D eigenvalue weighted by molar-refractivity contribution is 5.83. The highest BCUT2D eigenvalue weighted by Crippen LogP contribution is 2.29. The van der Waals surface area contributed by atoms with Gasteiger partial charge in [0, 0.05) is 17.5 Å². The number of hydrogen-bond donors (Lipinski definition) is 0. The molecule has 0 radical (unpaired) electrons. The first-order valence-electron chi connectivity index (χ1n) is 7.90. The van der Waals surface area contributed by atoms with Gasteiger partial charge in [0.05, 0.1) is 6.61 Å². The van der Waals surface area contributed by atoms with Gasteiger partial charge in [-0.3, -0.25) is 0 Å². The second-order valence-corrected chi connectivity index (χ2v) is 5.32. The number of carbonyl (C=O) groups excluding carboxylic acids is 1. The van der Waals surface area contributed by atoms with Crippen LogP contribution in [-0.4, -0.2) is 18.7 Å². The molecule has 0 aliphatic rings. The van der Waals surface area contributed by atoms with Crippen molar-refractivity contribution in [1.82, 2.24) is 0 Å². The van der Waals surface area contributed by atoms with Crippen molar-refractivity contribution >= 4 is 16.9 Å². The van der Waals surface area contributed by atoms with Crippen LogP contribution >= 0.6 is 0 Å². The lowest BCUT2D eigenvalue weighted by Gasteiger charge is -2.18. The van der Waals surface area contributed by atoms with Crippen LogP contribution in [0.5, 0.6) is 5.75 Å². The lowest BCUT2D eigenvalue weighted by molar-refractivity contribution is -0.151. The lowest BCUT2D eigenvalue weighted by Crippen LogP contribution is -2.29. The van der Waals surface area contributed by atoms with Crippen LogP contribution in [0.25, 0.3) is 11.0 Å². The maximum Gasteiger partial charge on any atom is 0.347 e. The first kappa shape index (κ1) is 17.1. The van der Waals surface area contributed by atoms with E-state index in [-0.39, 0.29) is 5.97 Å². The van der Waals surface area contributed by atoms with Gasteiger partial charge in [-0.25, -0.2) is 9.59 Å². The predicted octanol–water partition coefficient (Wildman–Crippen LogP) is 3.38. The summed E-state index contributed by atoms with van der Waals surface area (Å²) in [6.45, 7) is 7.81. The Labute approximate surface area is 135 Å². The third-order valence-electron chi connectivity index (χ3n) is 3.70. The molecule has 1 atom stereocenters. The van der Waals surface area contributed by atoms with Crippen LogP contribution in [0.3, 0.4) is 0 Å². The average molecular weight is 318 g/mol. The lowest BCUT2D eigenvalue weighted by atomic mass is 10.0. The third kappa shape index (κ3) is 3.73. The zero-order chi connectivity index (χ0) is 17.0. The zero-order valence-corrected chi connectivity index (χ0v) is 14.0. The Morgan fingerprint density at radius 1 is 1.22 bits per heavy atom. The quantitative estimate of drug-likeness (QED) is 0.603. The van der Waals surface area contributed by atoms with E-state index in [1.54, 1.807) is 13.0 Å². The zero-order valence-electron chi connectivity index (χ0n) is 14.0. The van der Waals surface area contributed by atoms with Gasteiger partial charge in [0.2, 0.25) is 0 Å². The van der Waals surface area contributed by atoms with Gasteiger partial charge in [-0.15, -0.1) is 0 Å². The molecule has 1 aromatic carbocycles. The maximum absolute atomic E-state index is 11.9. The van der Waals surface area contributed by atoms with Crippen molar-refractivity contribution in [3.8, 4) is 5.75 Å². The van der Waals surface area contributed by atoms with Crippen molar-refractivity contribution in [2.24, 2.45) is 0 Å². The molecule has 23 heavy (non-hydrogen) atoms. The summed E-state index contributed by atoms with van der Waals surface area (Å²) >= 11 is 0. The summed E-state index contributed by atoms with van der Waals surface area (Å²) in [4.78, 5) is 23.5. The summed E-state index contributed by atoms with van der Waals surface area (Å²) in [7, 11) is 0. The second kappa shape index (κ2) is 7.31. The molecule has 0 aliphatic heterocycles. The summed E-state index contributed by atoms with van der Waals surface area (Å²) in [6.07, 6.45) is 0.565. The molecule has 5 nitrogen and oxygen atoms in total. The Hall–Kier alpha value is -2.30. The van der Waals surface area contributed by atoms with Crippen LogP contribution < -0.4 is 10.4 Å². The number of esters is 1. The Morgan fingerprint density at radius 3 is 2.57 bits per heavy atom. The fourth-order valence-electron chi connectivity index (χ4n) is 2.46. The molecular formula is C18H22O5. The van der Waals surface area contributed by atoms with Gasteiger partial charge in [-0.1, -0.05) is 13.8 Å². The highest BCUT2D eigenvalue weighted by Gasteiger charge is 2.21. The molecule has 5 heteroatoms. The van der Waals surface area contributed by atoms with E-state index < -0.39 is 11.7 Å². The van der Waals surface area contributed by atoms with E-state index in [9.17, 15) is 9.59 Å². The van der Waals surface area contributed by atoms with Gasteiger partial charge in [0.25, 0.3) is 0 Å². The van der Waals surface area contributed by atoms with Gasteiger partial charge >= 0.3 is 11.6 Å². The maximum atomic E-state index is 11.9. The Bertz CT molecular complexity index is 760. The molecule has 124 valence electrons. The average Bonchev–Trinajstić information content (AvgIpc) is 2.51. The largest absolute Gasteiger partial charge is 0.478 e. The van der Waals surface area contributed by atoms with Crippen LogP contribution in [0.15, 0.2) is 27.4 Å². The van der Waals surface area contributed by atoms with Gasteiger partial charge in [-0.05, 0) is 43.9 Å². The fourth-order valence-corrected chi connectivity index (χ4v) is 2.46. The first-order chi connectivity index (χ1) is 11.0. The number of ether oxygens (including phenoxy) is 2. The van der Waals surface area contributed by atoms with E-state index >= 15 is 0 Å². The van der Waals surface area contributed by atoms with Gasteiger partial charge in [-0.2, -0.15) is 0 Å². The Balaban J connectivity index is 2.46. The number of hydrogen-bond acceptors (Lipinski definition) is 5.